The van der Waals surface area contributed by atoms with Crippen molar-refractivity contribution in [1.82, 2.24) is 4.90 Å². The van der Waals surface area contributed by atoms with E-state index in [1.165, 1.54) is 0 Å². The van der Waals surface area contributed by atoms with Crippen LogP contribution in [0.25, 0.3) is 0 Å². The molecule has 1 heterocycles. The van der Waals surface area contributed by atoms with Gasteiger partial charge < -0.3 is 10.0 Å². The van der Waals surface area contributed by atoms with Crippen LogP contribution < -0.4 is 0 Å². The first-order chi connectivity index (χ1) is 5.74. The lowest BCUT2D eigenvalue weighted by molar-refractivity contribution is -0.133. The van der Waals surface area contributed by atoms with Crippen LogP contribution in [0.15, 0.2) is 0 Å². The Morgan fingerprint density at radius 1 is 1.50 bits per heavy atom. The number of piperidine rings is 1. The Morgan fingerprint density at radius 2 is 2.08 bits per heavy atom. The predicted octanol–water partition coefficient (Wildman–Crippen LogP) is 0.627. The smallest absolute Gasteiger partial charge is 0.224 e. The molecule has 0 bridgehead atoms. The normalized spacial score (nSPS) is 19.7. The maximum atomic E-state index is 11.3. The Hall–Kier alpha value is -0.570. The molecule has 0 aromatic heterocycles. The van der Waals surface area contributed by atoms with Crippen molar-refractivity contribution in [2.45, 2.75) is 26.2 Å². The summed E-state index contributed by atoms with van der Waals surface area (Å²) in [5.74, 6) is 0.854. The van der Waals surface area contributed by atoms with E-state index >= 15 is 0 Å². The van der Waals surface area contributed by atoms with Crippen LogP contribution >= 0.6 is 0 Å². The van der Waals surface area contributed by atoms with Crippen molar-refractivity contribution >= 4 is 5.91 Å². The molecule has 0 aliphatic carbocycles. The highest BCUT2D eigenvalue weighted by atomic mass is 16.3. The molecule has 0 aromatic carbocycles. The summed E-state index contributed by atoms with van der Waals surface area (Å²) in [5.41, 5.74) is 0. The Labute approximate surface area is 73.4 Å². The topological polar surface area (TPSA) is 40.5 Å². The number of rotatable bonds is 2. The average Bonchev–Trinajstić information content (AvgIpc) is 2.06. The zero-order chi connectivity index (χ0) is 8.97. The van der Waals surface area contributed by atoms with Crippen molar-refractivity contribution in [3.05, 3.63) is 0 Å². The number of aliphatic hydroxyl groups is 1. The summed E-state index contributed by atoms with van der Waals surface area (Å²) in [6.45, 7) is 3.94. The second-order valence-corrected chi connectivity index (χ2v) is 3.54. The van der Waals surface area contributed by atoms with Gasteiger partial charge in [-0.25, -0.2) is 0 Å². The third-order valence-corrected chi connectivity index (χ3v) is 2.46. The Balaban J connectivity index is 2.29. The van der Waals surface area contributed by atoms with E-state index in [-0.39, 0.29) is 18.9 Å². The van der Waals surface area contributed by atoms with E-state index in [1.807, 2.05) is 4.90 Å². The van der Waals surface area contributed by atoms with Crippen LogP contribution in [0.4, 0.5) is 0 Å². The molecule has 1 aliphatic heterocycles. The van der Waals surface area contributed by atoms with Gasteiger partial charge in [-0.05, 0) is 18.8 Å². The fourth-order valence-electron chi connectivity index (χ4n) is 1.51. The molecule has 1 rings (SSSR count). The van der Waals surface area contributed by atoms with Crippen LogP contribution in [0.2, 0.25) is 0 Å². The van der Waals surface area contributed by atoms with Crippen molar-refractivity contribution in [2.75, 3.05) is 19.7 Å². The number of aliphatic hydroxyl groups excluding tert-OH is 1. The fraction of sp³-hybridized carbons (Fsp3) is 0.889. The number of nitrogens with zero attached hydrogens (tertiary/aromatic N) is 1. The minimum Gasteiger partial charge on any atom is -0.396 e. The number of carbonyl (C=O) groups excluding carboxylic acids is 1. The number of hydrogen-bond acceptors (Lipinski definition) is 2. The third kappa shape index (κ3) is 2.48. The molecule has 3 heteroatoms. The van der Waals surface area contributed by atoms with Gasteiger partial charge in [0.25, 0.3) is 0 Å². The predicted molar refractivity (Wildman–Crippen MR) is 46.7 cm³/mol. The zero-order valence-electron chi connectivity index (χ0n) is 7.62. The summed E-state index contributed by atoms with van der Waals surface area (Å²) in [6.07, 6.45) is 2.50. The number of likely N-dealkylation sites (tertiary alicyclic amines) is 1. The maximum Gasteiger partial charge on any atom is 0.224 e. The first-order valence-electron chi connectivity index (χ1n) is 4.62. The van der Waals surface area contributed by atoms with Crippen molar-refractivity contribution < 1.29 is 9.90 Å². The van der Waals surface area contributed by atoms with Crippen LogP contribution in [0.5, 0.6) is 0 Å². The monoisotopic (exact) mass is 171 g/mol. The van der Waals surface area contributed by atoms with Crippen LogP contribution in [0, 0.1) is 5.92 Å². The SMILES string of the molecule is CC1CCN(C(=O)CCO)CC1. The molecule has 12 heavy (non-hydrogen) atoms. The molecule has 0 atom stereocenters. The number of hydrogen-bond donors (Lipinski definition) is 1. The second-order valence-electron chi connectivity index (χ2n) is 3.54. The zero-order valence-corrected chi connectivity index (χ0v) is 7.62. The molecule has 3 nitrogen and oxygen atoms in total. The van der Waals surface area contributed by atoms with Gasteiger partial charge >= 0.3 is 0 Å². The lowest BCUT2D eigenvalue weighted by atomic mass is 9.99. The van der Waals surface area contributed by atoms with Crippen molar-refractivity contribution in [3.63, 3.8) is 0 Å². The maximum absolute atomic E-state index is 11.3. The summed E-state index contributed by atoms with van der Waals surface area (Å²) in [4.78, 5) is 13.1. The number of carbonyl (C=O) groups is 1. The summed E-state index contributed by atoms with van der Waals surface area (Å²) in [6, 6.07) is 0. The average molecular weight is 171 g/mol. The highest BCUT2D eigenvalue weighted by Gasteiger charge is 2.19. The molecule has 0 spiro atoms. The van der Waals surface area contributed by atoms with Gasteiger partial charge in [-0.1, -0.05) is 6.92 Å². The molecule has 0 aromatic rings. The van der Waals surface area contributed by atoms with Crippen LogP contribution in [0.1, 0.15) is 26.2 Å². The Bertz CT molecular complexity index is 151. The van der Waals surface area contributed by atoms with Gasteiger partial charge in [-0.3, -0.25) is 4.79 Å². The lowest BCUT2D eigenvalue weighted by Gasteiger charge is -2.30. The highest BCUT2D eigenvalue weighted by molar-refractivity contribution is 5.76. The van der Waals surface area contributed by atoms with E-state index in [2.05, 4.69) is 6.92 Å². The van der Waals surface area contributed by atoms with Crippen molar-refractivity contribution in [2.24, 2.45) is 5.92 Å². The van der Waals surface area contributed by atoms with Gasteiger partial charge in [0.2, 0.25) is 5.91 Å². The van der Waals surface area contributed by atoms with E-state index < -0.39 is 0 Å². The van der Waals surface area contributed by atoms with Crippen molar-refractivity contribution in [1.29, 1.82) is 0 Å². The molecule has 0 saturated carbocycles. The second kappa shape index (κ2) is 4.45. The third-order valence-electron chi connectivity index (χ3n) is 2.46. The Kier molecular flexibility index (Phi) is 3.53. The summed E-state index contributed by atoms with van der Waals surface area (Å²) in [5, 5.41) is 8.57. The molecule has 1 amide bonds. The minimum absolute atomic E-state index is 0.0229. The summed E-state index contributed by atoms with van der Waals surface area (Å²) < 4.78 is 0. The van der Waals surface area contributed by atoms with Gasteiger partial charge in [0, 0.05) is 19.5 Å². The van der Waals surface area contributed by atoms with Crippen LogP contribution in [-0.2, 0) is 4.79 Å². The summed E-state index contributed by atoms with van der Waals surface area (Å²) in [7, 11) is 0. The molecule has 1 fully saturated rings. The molecule has 1 N–H and O–H groups in total. The molecule has 1 aliphatic rings. The Morgan fingerprint density at radius 3 is 2.58 bits per heavy atom. The molecule has 1 saturated heterocycles. The molecule has 0 unspecified atom stereocenters. The number of amides is 1. The highest BCUT2D eigenvalue weighted by Crippen LogP contribution is 2.16. The van der Waals surface area contributed by atoms with E-state index in [0.29, 0.717) is 0 Å². The molecule has 70 valence electrons. The first-order valence-corrected chi connectivity index (χ1v) is 4.62. The molecular formula is C9H17NO2. The quantitative estimate of drug-likeness (QED) is 0.662. The summed E-state index contributed by atoms with van der Waals surface area (Å²) >= 11 is 0. The largest absolute Gasteiger partial charge is 0.396 e. The standard InChI is InChI=1S/C9H17NO2/c1-8-2-5-10(6-3-8)9(12)4-7-11/h8,11H,2-7H2,1H3. The molecule has 0 radical (unpaired) electrons. The first kappa shape index (κ1) is 9.52. The fourth-order valence-corrected chi connectivity index (χ4v) is 1.51. The lowest BCUT2D eigenvalue weighted by Crippen LogP contribution is -2.38. The molecular weight excluding hydrogens is 154 g/mol. The van der Waals surface area contributed by atoms with E-state index in [1.54, 1.807) is 0 Å². The van der Waals surface area contributed by atoms with Gasteiger partial charge in [-0.2, -0.15) is 0 Å². The van der Waals surface area contributed by atoms with Gasteiger partial charge in [0.05, 0.1) is 6.61 Å². The van der Waals surface area contributed by atoms with E-state index in [4.69, 9.17) is 5.11 Å². The van der Waals surface area contributed by atoms with E-state index in [0.717, 1.165) is 31.8 Å². The van der Waals surface area contributed by atoms with Gasteiger partial charge in [-0.15, -0.1) is 0 Å². The van der Waals surface area contributed by atoms with Crippen LogP contribution in [-0.4, -0.2) is 35.6 Å². The van der Waals surface area contributed by atoms with E-state index in [9.17, 15) is 4.79 Å². The van der Waals surface area contributed by atoms with Gasteiger partial charge in [0.1, 0.15) is 0 Å². The van der Waals surface area contributed by atoms with Crippen LogP contribution in [0.3, 0.4) is 0 Å². The minimum atomic E-state index is -0.0229. The van der Waals surface area contributed by atoms with Crippen molar-refractivity contribution in [3.8, 4) is 0 Å². The van der Waals surface area contributed by atoms with Gasteiger partial charge in [0.15, 0.2) is 0 Å².